The Bertz CT molecular complexity index is 1180. The van der Waals surface area contributed by atoms with Crippen LogP contribution in [0.5, 0.6) is 5.75 Å². The first-order chi connectivity index (χ1) is 13.2. The van der Waals surface area contributed by atoms with E-state index in [1.54, 1.807) is 30.5 Å². The predicted octanol–water partition coefficient (Wildman–Crippen LogP) is 3.15. The summed E-state index contributed by atoms with van der Waals surface area (Å²) in [5, 5.41) is 4.12. The molecule has 0 saturated heterocycles. The van der Waals surface area contributed by atoms with Crippen molar-refractivity contribution >= 4 is 27.8 Å². The Morgan fingerprint density at radius 1 is 1.07 bits per heavy atom. The van der Waals surface area contributed by atoms with Gasteiger partial charge in [0, 0.05) is 17.6 Å². The van der Waals surface area contributed by atoms with Gasteiger partial charge in [-0.15, -0.1) is 0 Å². The lowest BCUT2D eigenvalue weighted by Crippen LogP contribution is -2.28. The molecule has 0 saturated carbocycles. The smallest absolute Gasteiger partial charge is 0.287 e. The summed E-state index contributed by atoms with van der Waals surface area (Å²) in [5.41, 5.74) is 0.903. The van der Waals surface area contributed by atoms with Crippen LogP contribution in [-0.2, 0) is 0 Å². The second-order valence-corrected chi connectivity index (χ2v) is 5.91. The van der Waals surface area contributed by atoms with E-state index in [0.717, 1.165) is 10.9 Å². The van der Waals surface area contributed by atoms with E-state index in [9.17, 15) is 9.59 Å². The average Bonchev–Trinajstić information content (AvgIpc) is 2.71. The van der Waals surface area contributed by atoms with Gasteiger partial charge in [-0.05, 0) is 24.3 Å². The highest BCUT2D eigenvalue weighted by molar-refractivity contribution is 5.93. The first-order valence-corrected chi connectivity index (χ1v) is 8.50. The molecule has 0 unspecified atom stereocenters. The van der Waals surface area contributed by atoms with Crippen LogP contribution < -0.4 is 15.5 Å². The van der Waals surface area contributed by atoms with Crippen LogP contribution in [0.4, 0.5) is 0 Å². The van der Waals surface area contributed by atoms with Crippen molar-refractivity contribution in [3.05, 3.63) is 82.8 Å². The third-order valence-corrected chi connectivity index (χ3v) is 4.10. The number of benzene rings is 2. The van der Waals surface area contributed by atoms with Crippen LogP contribution in [0.1, 0.15) is 10.6 Å². The molecule has 2 heterocycles. The fraction of sp³-hybridized carbons (Fsp3) is 0.0952. The van der Waals surface area contributed by atoms with Crippen LogP contribution in [0.3, 0.4) is 0 Å². The zero-order valence-corrected chi connectivity index (χ0v) is 14.3. The van der Waals surface area contributed by atoms with Crippen LogP contribution in [0.15, 0.2) is 76.1 Å². The maximum Gasteiger partial charge on any atom is 0.287 e. The number of carbonyl (C=O) groups excluding carboxylic acids is 1. The van der Waals surface area contributed by atoms with Crippen LogP contribution in [0, 0.1) is 0 Å². The summed E-state index contributed by atoms with van der Waals surface area (Å²) in [6.07, 6.45) is 1.71. The summed E-state index contributed by atoms with van der Waals surface area (Å²) < 4.78 is 11.2. The summed E-state index contributed by atoms with van der Waals surface area (Å²) in [5.74, 6) is 0.169. The lowest BCUT2D eigenvalue weighted by Gasteiger charge is -2.09. The minimum absolute atomic E-state index is 0.0227. The molecule has 27 heavy (non-hydrogen) atoms. The maximum absolute atomic E-state index is 12.3. The van der Waals surface area contributed by atoms with Crippen molar-refractivity contribution in [2.45, 2.75) is 0 Å². The number of aromatic nitrogens is 1. The summed E-state index contributed by atoms with van der Waals surface area (Å²) in [7, 11) is 0. The Morgan fingerprint density at radius 2 is 1.93 bits per heavy atom. The highest BCUT2D eigenvalue weighted by atomic mass is 16.5. The van der Waals surface area contributed by atoms with Gasteiger partial charge in [0.05, 0.1) is 11.9 Å². The molecule has 1 N–H and O–H groups in total. The monoisotopic (exact) mass is 360 g/mol. The SMILES string of the molecule is O=C(NCCOc1cccc2cccnc12)c1cc(=O)c2ccccc2o1. The standard InChI is InChI=1S/C21H16N2O4/c24-16-13-19(27-17-8-2-1-7-15(16)17)21(25)23-11-12-26-18-9-3-5-14-6-4-10-22-20(14)18/h1-10,13H,11-12H2,(H,23,25). The molecule has 0 aliphatic heterocycles. The number of ether oxygens (including phenoxy) is 1. The molecule has 6 nitrogen and oxygen atoms in total. The van der Waals surface area contributed by atoms with Crippen LogP contribution in [0.25, 0.3) is 21.9 Å². The maximum atomic E-state index is 12.3. The predicted molar refractivity (Wildman–Crippen MR) is 102 cm³/mol. The Labute approximate surface area is 154 Å². The van der Waals surface area contributed by atoms with E-state index in [1.807, 2.05) is 30.3 Å². The number of hydrogen-bond donors (Lipinski definition) is 1. The van der Waals surface area contributed by atoms with Crippen LogP contribution in [-0.4, -0.2) is 24.0 Å². The number of hydrogen-bond acceptors (Lipinski definition) is 5. The first kappa shape index (κ1) is 16.8. The van der Waals surface area contributed by atoms with Crippen molar-refractivity contribution in [3.63, 3.8) is 0 Å². The van der Waals surface area contributed by atoms with Gasteiger partial charge < -0.3 is 14.5 Å². The minimum Gasteiger partial charge on any atom is -0.489 e. The molecule has 134 valence electrons. The molecule has 6 heteroatoms. The van der Waals surface area contributed by atoms with Gasteiger partial charge in [0.15, 0.2) is 11.2 Å². The molecule has 4 aromatic rings. The molecule has 0 aliphatic rings. The second-order valence-electron chi connectivity index (χ2n) is 5.91. The molecule has 4 rings (SSSR count). The number of fused-ring (bicyclic) bond motifs is 2. The third kappa shape index (κ3) is 3.50. The molecule has 1 amide bonds. The zero-order valence-electron chi connectivity index (χ0n) is 14.3. The quantitative estimate of drug-likeness (QED) is 0.553. The fourth-order valence-electron chi connectivity index (χ4n) is 2.82. The molecular weight excluding hydrogens is 344 g/mol. The van der Waals surface area contributed by atoms with E-state index >= 15 is 0 Å². The molecule has 0 bridgehead atoms. The Kier molecular flexibility index (Phi) is 4.53. The second kappa shape index (κ2) is 7.29. The van der Waals surface area contributed by atoms with Gasteiger partial charge in [-0.3, -0.25) is 14.6 Å². The number of amides is 1. The Morgan fingerprint density at radius 3 is 2.85 bits per heavy atom. The number of nitrogens with one attached hydrogen (secondary N) is 1. The average molecular weight is 360 g/mol. The number of para-hydroxylation sites is 2. The highest BCUT2D eigenvalue weighted by Crippen LogP contribution is 2.22. The molecular formula is C21H16N2O4. The topological polar surface area (TPSA) is 81.4 Å². The van der Waals surface area contributed by atoms with Gasteiger partial charge >= 0.3 is 0 Å². The molecule has 0 aliphatic carbocycles. The summed E-state index contributed by atoms with van der Waals surface area (Å²) in [6, 6.07) is 17.5. The molecule has 0 atom stereocenters. The first-order valence-electron chi connectivity index (χ1n) is 8.50. The summed E-state index contributed by atoms with van der Waals surface area (Å²) in [4.78, 5) is 28.6. The number of rotatable bonds is 5. The van der Waals surface area contributed by atoms with Gasteiger partial charge in [-0.2, -0.15) is 0 Å². The number of carbonyl (C=O) groups is 1. The summed E-state index contributed by atoms with van der Waals surface area (Å²) >= 11 is 0. The van der Waals surface area contributed by atoms with Crippen molar-refractivity contribution < 1.29 is 13.9 Å². The van der Waals surface area contributed by atoms with Gasteiger partial charge in [0.25, 0.3) is 5.91 Å². The largest absolute Gasteiger partial charge is 0.489 e. The van der Waals surface area contributed by atoms with Crippen molar-refractivity contribution in [3.8, 4) is 5.75 Å². The van der Waals surface area contributed by atoms with Gasteiger partial charge in [-0.25, -0.2) is 0 Å². The molecule has 2 aromatic carbocycles. The fourth-order valence-corrected chi connectivity index (χ4v) is 2.82. The van der Waals surface area contributed by atoms with Crippen molar-refractivity contribution in [1.82, 2.24) is 10.3 Å². The van der Waals surface area contributed by atoms with E-state index in [0.29, 0.717) is 16.7 Å². The zero-order chi connectivity index (χ0) is 18.6. The molecule has 0 spiro atoms. The number of pyridine rings is 1. The van der Waals surface area contributed by atoms with E-state index in [-0.39, 0.29) is 24.3 Å². The van der Waals surface area contributed by atoms with Crippen molar-refractivity contribution in [1.29, 1.82) is 0 Å². The van der Waals surface area contributed by atoms with Gasteiger partial charge in [0.2, 0.25) is 0 Å². The van der Waals surface area contributed by atoms with Gasteiger partial charge in [-0.1, -0.05) is 30.3 Å². The lowest BCUT2D eigenvalue weighted by atomic mass is 10.2. The van der Waals surface area contributed by atoms with E-state index in [1.165, 1.54) is 6.07 Å². The number of nitrogens with zero attached hydrogens (tertiary/aromatic N) is 1. The molecule has 2 aromatic heterocycles. The van der Waals surface area contributed by atoms with Crippen LogP contribution >= 0.6 is 0 Å². The van der Waals surface area contributed by atoms with Crippen molar-refractivity contribution in [2.75, 3.05) is 13.2 Å². The summed E-state index contributed by atoms with van der Waals surface area (Å²) in [6.45, 7) is 0.526. The minimum atomic E-state index is -0.461. The Hall–Kier alpha value is -3.67. The lowest BCUT2D eigenvalue weighted by molar-refractivity contribution is 0.0920. The molecule has 0 radical (unpaired) electrons. The van der Waals surface area contributed by atoms with E-state index in [4.69, 9.17) is 9.15 Å². The van der Waals surface area contributed by atoms with Gasteiger partial charge in [0.1, 0.15) is 23.5 Å². The normalized spacial score (nSPS) is 10.8. The highest BCUT2D eigenvalue weighted by Gasteiger charge is 2.12. The van der Waals surface area contributed by atoms with E-state index in [2.05, 4.69) is 10.3 Å². The van der Waals surface area contributed by atoms with Crippen molar-refractivity contribution in [2.24, 2.45) is 0 Å². The Balaban J connectivity index is 1.40. The van der Waals surface area contributed by atoms with Crippen LogP contribution in [0.2, 0.25) is 0 Å². The van der Waals surface area contributed by atoms with E-state index < -0.39 is 5.91 Å². The third-order valence-electron chi connectivity index (χ3n) is 4.10. The molecule has 0 fully saturated rings.